The van der Waals surface area contributed by atoms with Gasteiger partial charge in [-0.25, -0.2) is 8.78 Å². The van der Waals surface area contributed by atoms with E-state index < -0.39 is 11.6 Å². The van der Waals surface area contributed by atoms with Crippen LogP contribution in [0.5, 0.6) is 0 Å². The number of rotatable bonds is 7. The number of carbonyl (C=O) groups is 1. The maximum Gasteiger partial charge on any atom is 0.233 e. The number of nitrogens with one attached hydrogen (secondary N) is 3. The lowest BCUT2D eigenvalue weighted by Crippen LogP contribution is -2.50. The summed E-state index contributed by atoms with van der Waals surface area (Å²) in [5.74, 6) is -0.142. The van der Waals surface area contributed by atoms with E-state index in [1.807, 2.05) is 6.92 Å². The molecule has 1 aliphatic rings. The Balaban J connectivity index is 0.00000392. The lowest BCUT2D eigenvalue weighted by molar-refractivity contribution is -0.122. The van der Waals surface area contributed by atoms with Crippen molar-refractivity contribution in [1.29, 1.82) is 0 Å². The Morgan fingerprint density at radius 3 is 2.64 bits per heavy atom. The van der Waals surface area contributed by atoms with Crippen molar-refractivity contribution in [3.63, 3.8) is 0 Å². The fourth-order valence-electron chi connectivity index (χ4n) is 3.05. The number of guanidine groups is 1. The van der Waals surface area contributed by atoms with Crippen LogP contribution in [0.1, 0.15) is 25.3 Å². The minimum Gasteiger partial charge on any atom is -0.358 e. The Kier molecular flexibility index (Phi) is 11.3. The normalized spacial score (nSPS) is 15.6. The zero-order valence-electron chi connectivity index (χ0n) is 16.4. The molecule has 0 saturated carbocycles. The maximum atomic E-state index is 13.7. The van der Waals surface area contributed by atoms with Crippen LogP contribution in [-0.4, -0.2) is 62.6 Å². The third-order valence-corrected chi connectivity index (χ3v) is 4.58. The molecule has 6 nitrogen and oxygen atoms in total. The van der Waals surface area contributed by atoms with E-state index >= 15 is 0 Å². The fourth-order valence-corrected chi connectivity index (χ4v) is 3.05. The lowest BCUT2D eigenvalue weighted by Gasteiger charge is -2.32. The van der Waals surface area contributed by atoms with Crippen LogP contribution in [0.15, 0.2) is 23.2 Å². The van der Waals surface area contributed by atoms with Crippen molar-refractivity contribution in [3.8, 4) is 0 Å². The van der Waals surface area contributed by atoms with Gasteiger partial charge in [0.1, 0.15) is 11.6 Å². The summed E-state index contributed by atoms with van der Waals surface area (Å²) in [6.07, 6.45) is 2.17. The van der Waals surface area contributed by atoms with Gasteiger partial charge in [0.15, 0.2) is 5.96 Å². The molecule has 0 aliphatic carbocycles. The van der Waals surface area contributed by atoms with E-state index in [9.17, 15) is 13.6 Å². The van der Waals surface area contributed by atoms with Gasteiger partial charge >= 0.3 is 0 Å². The minimum absolute atomic E-state index is 0. The summed E-state index contributed by atoms with van der Waals surface area (Å²) in [6, 6.07) is 3.75. The van der Waals surface area contributed by atoms with Crippen molar-refractivity contribution in [2.75, 3.05) is 39.8 Å². The van der Waals surface area contributed by atoms with Crippen LogP contribution in [0.4, 0.5) is 8.78 Å². The van der Waals surface area contributed by atoms with Gasteiger partial charge < -0.3 is 16.0 Å². The van der Waals surface area contributed by atoms with Crippen LogP contribution in [-0.2, 0) is 11.2 Å². The fraction of sp³-hybridized carbons (Fsp3) is 0.579. The Labute approximate surface area is 182 Å². The molecule has 0 atom stereocenters. The summed E-state index contributed by atoms with van der Waals surface area (Å²) in [7, 11) is 1.64. The maximum absolute atomic E-state index is 13.7. The van der Waals surface area contributed by atoms with Crippen molar-refractivity contribution >= 4 is 35.8 Å². The van der Waals surface area contributed by atoms with Gasteiger partial charge in [0.2, 0.25) is 5.91 Å². The van der Waals surface area contributed by atoms with E-state index in [1.165, 1.54) is 6.07 Å². The first kappa shape index (κ1) is 24.5. The highest BCUT2D eigenvalue weighted by Crippen LogP contribution is 2.11. The van der Waals surface area contributed by atoms with Crippen LogP contribution >= 0.6 is 24.0 Å². The predicted octanol–water partition coefficient (Wildman–Crippen LogP) is 1.89. The first-order chi connectivity index (χ1) is 13.0. The number of carbonyl (C=O) groups excluding carboxylic acids is 1. The molecular formula is C19H30F2IN5O. The van der Waals surface area contributed by atoms with Crippen LogP contribution in [0.25, 0.3) is 0 Å². The van der Waals surface area contributed by atoms with Crippen molar-refractivity contribution in [3.05, 3.63) is 35.4 Å². The van der Waals surface area contributed by atoms with Crippen molar-refractivity contribution in [2.24, 2.45) is 4.99 Å². The molecule has 1 aromatic carbocycles. The molecule has 0 spiro atoms. The molecule has 0 bridgehead atoms. The number of hydrogen-bond donors (Lipinski definition) is 3. The molecule has 1 heterocycles. The second-order valence-electron chi connectivity index (χ2n) is 6.61. The van der Waals surface area contributed by atoms with E-state index in [-0.39, 0.29) is 35.9 Å². The molecule has 0 radical (unpaired) electrons. The number of amides is 1. The van der Waals surface area contributed by atoms with Gasteiger partial charge in [-0.1, -0.05) is 0 Å². The van der Waals surface area contributed by atoms with E-state index in [2.05, 4.69) is 25.8 Å². The summed E-state index contributed by atoms with van der Waals surface area (Å²) in [4.78, 5) is 18.1. The summed E-state index contributed by atoms with van der Waals surface area (Å²) < 4.78 is 26.9. The van der Waals surface area contributed by atoms with Crippen LogP contribution in [0.3, 0.4) is 0 Å². The average molecular weight is 509 g/mol. The molecule has 0 aromatic heterocycles. The van der Waals surface area contributed by atoms with Crippen molar-refractivity contribution in [1.82, 2.24) is 20.9 Å². The van der Waals surface area contributed by atoms with Gasteiger partial charge in [-0.15, -0.1) is 24.0 Å². The minimum atomic E-state index is -0.441. The molecule has 3 N–H and O–H groups in total. The highest BCUT2D eigenvalue weighted by atomic mass is 127. The molecule has 1 saturated heterocycles. The monoisotopic (exact) mass is 509 g/mol. The molecule has 2 rings (SSSR count). The topological polar surface area (TPSA) is 68.8 Å². The lowest BCUT2D eigenvalue weighted by atomic mass is 10.1. The van der Waals surface area contributed by atoms with Gasteiger partial charge in [-0.2, -0.15) is 0 Å². The largest absolute Gasteiger partial charge is 0.358 e. The van der Waals surface area contributed by atoms with E-state index in [0.29, 0.717) is 31.0 Å². The SMILES string of the molecule is CCNC(=NCCc1cc(F)ccc1F)NC1CCN(CC(=O)NC)CC1.I. The van der Waals surface area contributed by atoms with Crippen LogP contribution in [0, 0.1) is 11.6 Å². The first-order valence-corrected chi connectivity index (χ1v) is 9.43. The summed E-state index contributed by atoms with van der Waals surface area (Å²) >= 11 is 0. The summed E-state index contributed by atoms with van der Waals surface area (Å²) in [6.45, 7) is 5.19. The van der Waals surface area contributed by atoms with Gasteiger partial charge in [0.05, 0.1) is 6.54 Å². The van der Waals surface area contributed by atoms with Crippen LogP contribution in [0.2, 0.25) is 0 Å². The Bertz CT molecular complexity index is 651. The number of aliphatic imine (C=N–C) groups is 1. The molecule has 1 fully saturated rings. The zero-order valence-corrected chi connectivity index (χ0v) is 18.8. The van der Waals surface area contributed by atoms with Crippen LogP contribution < -0.4 is 16.0 Å². The highest BCUT2D eigenvalue weighted by molar-refractivity contribution is 14.0. The average Bonchev–Trinajstić information content (AvgIpc) is 2.66. The molecule has 0 unspecified atom stereocenters. The second-order valence-corrected chi connectivity index (χ2v) is 6.61. The third-order valence-electron chi connectivity index (χ3n) is 4.58. The predicted molar refractivity (Wildman–Crippen MR) is 118 cm³/mol. The molecule has 158 valence electrons. The number of halogens is 3. The quantitative estimate of drug-likeness (QED) is 0.299. The van der Waals surface area contributed by atoms with Gasteiger partial charge in [0.25, 0.3) is 0 Å². The number of hydrogen-bond acceptors (Lipinski definition) is 3. The zero-order chi connectivity index (χ0) is 19.6. The third kappa shape index (κ3) is 8.26. The summed E-state index contributed by atoms with van der Waals surface area (Å²) in [5.41, 5.74) is 0.331. The van der Waals surface area contributed by atoms with Gasteiger partial charge in [-0.3, -0.25) is 14.7 Å². The van der Waals surface area contributed by atoms with E-state index in [1.54, 1.807) is 7.05 Å². The van der Waals surface area contributed by atoms with Gasteiger partial charge in [-0.05, 0) is 49.9 Å². The molecule has 9 heteroatoms. The number of likely N-dealkylation sites (N-methyl/N-ethyl adjacent to an activating group) is 1. The summed E-state index contributed by atoms with van der Waals surface area (Å²) in [5, 5.41) is 9.23. The van der Waals surface area contributed by atoms with Crippen molar-refractivity contribution in [2.45, 2.75) is 32.2 Å². The molecule has 1 aliphatic heterocycles. The van der Waals surface area contributed by atoms with E-state index in [0.717, 1.165) is 44.6 Å². The molecule has 1 aromatic rings. The molecule has 28 heavy (non-hydrogen) atoms. The molecule has 1 amide bonds. The number of benzene rings is 1. The highest BCUT2D eigenvalue weighted by Gasteiger charge is 2.21. The first-order valence-electron chi connectivity index (χ1n) is 9.43. The Hall–Kier alpha value is -1.49. The number of likely N-dealkylation sites (tertiary alicyclic amines) is 1. The Morgan fingerprint density at radius 2 is 2.00 bits per heavy atom. The standard InChI is InChI=1S/C19H29F2N5O.HI/c1-3-23-19(24-9-6-14-12-15(20)4-5-17(14)21)25-16-7-10-26(11-8-16)13-18(27)22-2;/h4-5,12,16H,3,6-11,13H2,1-2H3,(H,22,27)(H2,23,24,25);1H. The Morgan fingerprint density at radius 1 is 1.29 bits per heavy atom. The number of piperidine rings is 1. The smallest absolute Gasteiger partial charge is 0.233 e. The number of nitrogens with zero attached hydrogens (tertiary/aromatic N) is 2. The molecular weight excluding hydrogens is 479 g/mol. The van der Waals surface area contributed by atoms with Gasteiger partial charge in [0, 0.05) is 39.3 Å². The second kappa shape index (κ2) is 12.9. The van der Waals surface area contributed by atoms with E-state index in [4.69, 9.17) is 0 Å². The van der Waals surface area contributed by atoms with Crippen molar-refractivity contribution < 1.29 is 13.6 Å².